The van der Waals surface area contributed by atoms with Gasteiger partial charge >= 0.3 is 0 Å². The van der Waals surface area contributed by atoms with E-state index >= 15 is 0 Å². The molecule has 1 aromatic carbocycles. The number of aliphatic hydroxyl groups excluding tert-OH is 10. The lowest BCUT2D eigenvalue weighted by atomic mass is 9.96. The molecule has 15 atom stereocenters. The van der Waals surface area contributed by atoms with Gasteiger partial charge in [0.1, 0.15) is 79.0 Å². The fraction of sp³-hybridized carbons (Fsp3) is 0.750. The van der Waals surface area contributed by atoms with Gasteiger partial charge in [0.25, 0.3) is 5.69 Å². The Morgan fingerprint density at radius 2 is 1.02 bits per heavy atom. The number of benzene rings is 1. The van der Waals surface area contributed by atoms with Crippen LogP contribution in [-0.2, 0) is 23.7 Å². The zero-order chi connectivity index (χ0) is 31.6. The van der Waals surface area contributed by atoms with Crippen LogP contribution in [0.2, 0.25) is 0 Å². The Bertz CT molecular complexity index is 1040. The number of nitro benzene ring substituents is 1. The Kier molecular flexibility index (Phi) is 11.2. The first-order valence-electron chi connectivity index (χ1n) is 13.2. The average Bonchev–Trinajstić information content (AvgIpc) is 3.00. The van der Waals surface area contributed by atoms with Crippen LogP contribution in [0.3, 0.4) is 0 Å². The molecular weight excluding hydrogens is 590 g/mol. The highest BCUT2D eigenvalue weighted by Gasteiger charge is 2.53. The molecule has 244 valence electrons. The molecule has 19 heteroatoms. The molecule has 0 amide bonds. The molecule has 0 aromatic heterocycles. The van der Waals surface area contributed by atoms with Gasteiger partial charge in [0, 0.05) is 12.1 Å². The first kappa shape index (κ1) is 33.7. The van der Waals surface area contributed by atoms with E-state index in [0.29, 0.717) is 0 Å². The first-order valence-corrected chi connectivity index (χ1v) is 13.2. The minimum atomic E-state index is -1.96. The number of ether oxygens (including phenoxy) is 6. The van der Waals surface area contributed by atoms with E-state index < -0.39 is 117 Å². The van der Waals surface area contributed by atoms with Gasteiger partial charge in [-0.25, -0.2) is 0 Å². The molecule has 0 aliphatic carbocycles. The molecule has 0 radical (unpaired) electrons. The molecule has 43 heavy (non-hydrogen) atoms. The highest BCUT2D eigenvalue weighted by atomic mass is 16.8. The van der Waals surface area contributed by atoms with Gasteiger partial charge in [0.05, 0.1) is 24.7 Å². The van der Waals surface area contributed by atoms with Gasteiger partial charge in [-0.2, -0.15) is 0 Å². The molecule has 3 aliphatic rings. The second-order valence-corrected chi connectivity index (χ2v) is 10.2. The Morgan fingerprint density at radius 1 is 0.605 bits per heavy atom. The highest BCUT2D eigenvalue weighted by molar-refractivity contribution is 5.36. The number of hydrogen-bond acceptors (Lipinski definition) is 18. The lowest BCUT2D eigenvalue weighted by molar-refractivity contribution is -0.384. The lowest BCUT2D eigenvalue weighted by Crippen LogP contribution is -2.66. The van der Waals surface area contributed by atoms with Crippen molar-refractivity contribution in [3.63, 3.8) is 0 Å². The van der Waals surface area contributed by atoms with E-state index in [-0.39, 0.29) is 11.4 Å². The fourth-order valence-corrected chi connectivity index (χ4v) is 4.92. The topological polar surface area (TPSA) is 301 Å². The van der Waals surface area contributed by atoms with Gasteiger partial charge in [-0.15, -0.1) is 0 Å². The highest BCUT2D eigenvalue weighted by Crippen LogP contribution is 2.33. The predicted octanol–water partition coefficient (Wildman–Crippen LogP) is -5.58. The van der Waals surface area contributed by atoms with E-state index in [1.54, 1.807) is 0 Å². The monoisotopic (exact) mass is 625 g/mol. The molecule has 3 aliphatic heterocycles. The van der Waals surface area contributed by atoms with E-state index in [2.05, 4.69) is 0 Å². The molecule has 19 nitrogen and oxygen atoms in total. The zero-order valence-electron chi connectivity index (χ0n) is 22.3. The van der Waals surface area contributed by atoms with Crippen molar-refractivity contribution in [1.29, 1.82) is 0 Å². The van der Waals surface area contributed by atoms with Crippen molar-refractivity contribution in [2.75, 3.05) is 19.8 Å². The van der Waals surface area contributed by atoms with E-state index in [9.17, 15) is 61.2 Å². The van der Waals surface area contributed by atoms with E-state index in [0.717, 1.165) is 12.1 Å². The minimum Gasteiger partial charge on any atom is -0.462 e. The third kappa shape index (κ3) is 7.06. The fourth-order valence-electron chi connectivity index (χ4n) is 4.92. The summed E-state index contributed by atoms with van der Waals surface area (Å²) in [5.41, 5.74) is -0.227. The Hall–Kier alpha value is -2.18. The summed E-state index contributed by atoms with van der Waals surface area (Å²) in [6, 6.07) is 4.72. The summed E-state index contributed by atoms with van der Waals surface area (Å²) in [6.07, 6.45) is -25.4. The van der Waals surface area contributed by atoms with Crippen LogP contribution < -0.4 is 4.74 Å². The third-order valence-electron chi connectivity index (χ3n) is 7.37. The SMILES string of the molecule is O=[N+]([O-])c1ccc(O[C@@H]2O[C@H](CO)[C@@H](O[C@@H]3O[C@H](CO)[C@@H](O[C@@H]4O[C@H](CO)[C@@H](O)[C@H](O)[C@@H]4O)[C@H](O)[C@@H]3O)[C@H](O)[C@@H]2O)cc1. The van der Waals surface area contributed by atoms with Crippen molar-refractivity contribution in [2.24, 2.45) is 0 Å². The van der Waals surface area contributed by atoms with Crippen molar-refractivity contribution in [3.8, 4) is 5.75 Å². The van der Waals surface area contributed by atoms with Crippen molar-refractivity contribution >= 4 is 5.69 Å². The van der Waals surface area contributed by atoms with E-state index in [4.69, 9.17) is 28.4 Å². The first-order chi connectivity index (χ1) is 20.4. The Balaban J connectivity index is 1.42. The number of rotatable bonds is 10. The van der Waals surface area contributed by atoms with Gasteiger partial charge in [0.2, 0.25) is 6.29 Å². The molecule has 0 saturated carbocycles. The van der Waals surface area contributed by atoms with Crippen molar-refractivity contribution in [3.05, 3.63) is 34.4 Å². The Labute approximate surface area is 242 Å². The van der Waals surface area contributed by atoms with Crippen LogP contribution >= 0.6 is 0 Å². The van der Waals surface area contributed by atoms with Gasteiger partial charge < -0.3 is 79.5 Å². The molecule has 3 heterocycles. The van der Waals surface area contributed by atoms with Crippen LogP contribution in [0, 0.1) is 10.1 Å². The summed E-state index contributed by atoms with van der Waals surface area (Å²) < 4.78 is 32.8. The van der Waals surface area contributed by atoms with E-state index in [1.165, 1.54) is 12.1 Å². The number of nitro groups is 1. The van der Waals surface area contributed by atoms with Gasteiger partial charge in [-0.1, -0.05) is 0 Å². The lowest BCUT2D eigenvalue weighted by Gasteiger charge is -2.48. The molecule has 0 bridgehead atoms. The van der Waals surface area contributed by atoms with Crippen LogP contribution in [0.25, 0.3) is 0 Å². The summed E-state index contributed by atoms with van der Waals surface area (Å²) in [7, 11) is 0. The van der Waals surface area contributed by atoms with Crippen LogP contribution in [0.5, 0.6) is 5.75 Å². The molecule has 1 aromatic rings. The second-order valence-electron chi connectivity index (χ2n) is 10.2. The maximum absolute atomic E-state index is 10.8. The molecule has 3 saturated heterocycles. The molecule has 0 unspecified atom stereocenters. The van der Waals surface area contributed by atoms with Gasteiger partial charge in [0.15, 0.2) is 12.6 Å². The van der Waals surface area contributed by atoms with Gasteiger partial charge in [-0.3, -0.25) is 10.1 Å². The van der Waals surface area contributed by atoms with Crippen LogP contribution in [0.4, 0.5) is 5.69 Å². The maximum Gasteiger partial charge on any atom is 0.269 e. The molecule has 10 N–H and O–H groups in total. The summed E-state index contributed by atoms with van der Waals surface area (Å²) in [4.78, 5) is 10.2. The Morgan fingerprint density at radius 3 is 1.49 bits per heavy atom. The normalized spacial score (nSPS) is 43.7. The zero-order valence-corrected chi connectivity index (χ0v) is 22.3. The maximum atomic E-state index is 10.8. The molecule has 4 rings (SSSR count). The number of aliphatic hydroxyl groups is 10. The summed E-state index contributed by atoms with van der Waals surface area (Å²) in [5, 5.41) is 113. The third-order valence-corrected chi connectivity index (χ3v) is 7.37. The largest absolute Gasteiger partial charge is 0.462 e. The molecule has 3 fully saturated rings. The minimum absolute atomic E-state index is 0.0308. The van der Waals surface area contributed by atoms with E-state index in [1.807, 2.05) is 0 Å². The smallest absolute Gasteiger partial charge is 0.269 e. The van der Waals surface area contributed by atoms with Crippen LogP contribution in [0.1, 0.15) is 0 Å². The quantitative estimate of drug-likeness (QED) is 0.0856. The van der Waals surface area contributed by atoms with Crippen molar-refractivity contribution in [2.45, 2.75) is 92.1 Å². The van der Waals surface area contributed by atoms with Crippen molar-refractivity contribution in [1.82, 2.24) is 0 Å². The number of nitrogens with zero attached hydrogens (tertiary/aromatic N) is 1. The summed E-state index contributed by atoms with van der Waals surface area (Å²) in [5.74, 6) is 0.0308. The van der Waals surface area contributed by atoms with Crippen LogP contribution in [0.15, 0.2) is 24.3 Å². The number of hydrogen-bond donors (Lipinski definition) is 10. The predicted molar refractivity (Wildman–Crippen MR) is 133 cm³/mol. The molecular formula is C24H35NO18. The van der Waals surface area contributed by atoms with Gasteiger partial charge in [-0.05, 0) is 12.1 Å². The average molecular weight is 626 g/mol. The summed E-state index contributed by atoms with van der Waals surface area (Å²) >= 11 is 0. The van der Waals surface area contributed by atoms with Crippen LogP contribution in [-0.4, -0.2) is 168 Å². The summed E-state index contributed by atoms with van der Waals surface area (Å²) in [6.45, 7) is -2.42. The number of non-ortho nitro benzene ring substituents is 1. The second kappa shape index (κ2) is 14.3. The molecule has 0 spiro atoms. The standard InChI is InChI=1S/C24H35NO18/c26-5-10-13(29)14(30)17(33)23(39-10)42-21-12(7-28)41-24(19(35)16(21)32)43-20-11(6-27)40-22(18(34)15(20)31)38-9-3-1-8(2-4-9)25(36)37/h1-4,10-24,26-35H,5-7H2/t10-,11-,12-,13-,14+,15-,16-,17+,18+,19+,20-,21-,22-,23+,24+/m1/s1. The van der Waals surface area contributed by atoms with Crippen molar-refractivity contribution < 1.29 is 84.4 Å².